The number of thioether (sulfide) groups is 1. The molecule has 1 aliphatic carbocycles. The Morgan fingerprint density at radius 3 is 2.76 bits per heavy atom. The number of hydrogen-bond donors (Lipinski definition) is 0. The molecule has 1 aromatic carbocycles. The first-order chi connectivity index (χ1) is 10.0. The van der Waals surface area contributed by atoms with Gasteiger partial charge in [-0.15, -0.1) is 0 Å². The van der Waals surface area contributed by atoms with Crippen LogP contribution in [0.2, 0.25) is 0 Å². The summed E-state index contributed by atoms with van der Waals surface area (Å²) in [7, 11) is 2.06. The molecule has 110 valence electrons. The molecule has 1 saturated heterocycles. The predicted octanol–water partition coefficient (Wildman–Crippen LogP) is 3.21. The third kappa shape index (κ3) is 2.53. The molecule has 0 spiro atoms. The zero-order valence-electron chi connectivity index (χ0n) is 12.7. The minimum atomic E-state index is -0.169. The molecule has 0 bridgehead atoms. The van der Waals surface area contributed by atoms with E-state index in [-0.39, 0.29) is 5.41 Å². The molecule has 0 N–H and O–H groups in total. The third-order valence-electron chi connectivity index (χ3n) is 4.20. The van der Waals surface area contributed by atoms with E-state index < -0.39 is 0 Å². The van der Waals surface area contributed by atoms with Gasteiger partial charge in [0.2, 0.25) is 0 Å². The van der Waals surface area contributed by atoms with Gasteiger partial charge in [-0.1, -0.05) is 49.9 Å². The van der Waals surface area contributed by atoms with E-state index in [0.717, 1.165) is 47.0 Å². The fraction of sp³-hybridized carbons (Fsp3) is 0.412. The van der Waals surface area contributed by atoms with Crippen LogP contribution in [0.25, 0.3) is 5.70 Å². The summed E-state index contributed by atoms with van der Waals surface area (Å²) in [6, 6.07) is 8.30. The van der Waals surface area contributed by atoms with Crippen LogP contribution in [-0.2, 0) is 11.2 Å². The molecule has 1 fully saturated rings. The number of nitrogens with zero attached hydrogens (tertiary/aromatic N) is 2. The van der Waals surface area contributed by atoms with Crippen LogP contribution in [0.5, 0.6) is 0 Å². The Balaban J connectivity index is 2.20. The van der Waals surface area contributed by atoms with E-state index in [1.807, 2.05) is 6.07 Å². The number of amidine groups is 1. The number of aliphatic imine (C=N–C) groups is 1. The SMILES string of the molecule is CN1CCS/C1=N/C1=C(C=O)C(C)(C)Cc2ccccc21. The molecule has 0 aromatic heterocycles. The number of carbonyl (C=O) groups is 1. The van der Waals surface area contributed by atoms with Gasteiger partial charge in [-0.25, -0.2) is 4.99 Å². The molecule has 2 aliphatic rings. The van der Waals surface area contributed by atoms with Crippen molar-refractivity contribution in [2.75, 3.05) is 19.3 Å². The van der Waals surface area contributed by atoms with Crippen LogP contribution in [-0.4, -0.2) is 35.7 Å². The standard InChI is InChI=1S/C17H20N2OS/c1-17(2)10-12-6-4-5-7-13(12)15(14(17)11-20)18-16-19(3)8-9-21-16/h4-7,11H,8-10H2,1-3H3/b18-16+. The normalized spacial score (nSPS) is 22.6. The van der Waals surface area contributed by atoms with Gasteiger partial charge in [0.05, 0.1) is 5.70 Å². The summed E-state index contributed by atoms with van der Waals surface area (Å²) in [5, 5.41) is 1.01. The zero-order valence-corrected chi connectivity index (χ0v) is 13.5. The van der Waals surface area contributed by atoms with Crippen LogP contribution in [0.3, 0.4) is 0 Å². The molecule has 3 nitrogen and oxygen atoms in total. The van der Waals surface area contributed by atoms with Gasteiger partial charge in [-0.3, -0.25) is 4.79 Å². The Morgan fingerprint density at radius 1 is 1.33 bits per heavy atom. The number of fused-ring (bicyclic) bond motifs is 1. The van der Waals surface area contributed by atoms with Crippen LogP contribution >= 0.6 is 11.8 Å². The highest BCUT2D eigenvalue weighted by Crippen LogP contribution is 2.42. The summed E-state index contributed by atoms with van der Waals surface area (Å²) in [6.45, 7) is 5.26. The van der Waals surface area contributed by atoms with Crippen molar-refractivity contribution >= 4 is 28.9 Å². The van der Waals surface area contributed by atoms with Crippen molar-refractivity contribution in [2.24, 2.45) is 10.4 Å². The van der Waals surface area contributed by atoms with E-state index in [1.54, 1.807) is 11.8 Å². The number of allylic oxidation sites excluding steroid dienone is 1. The lowest BCUT2D eigenvalue weighted by molar-refractivity contribution is -0.105. The van der Waals surface area contributed by atoms with Crippen molar-refractivity contribution in [3.63, 3.8) is 0 Å². The lowest BCUT2D eigenvalue weighted by Gasteiger charge is -2.32. The Kier molecular flexibility index (Phi) is 3.66. The molecule has 0 atom stereocenters. The van der Waals surface area contributed by atoms with Gasteiger partial charge >= 0.3 is 0 Å². The molecule has 1 aliphatic heterocycles. The van der Waals surface area contributed by atoms with Gasteiger partial charge < -0.3 is 4.90 Å². The maximum Gasteiger partial charge on any atom is 0.164 e. The molecule has 3 rings (SSSR count). The lowest BCUT2D eigenvalue weighted by atomic mass is 9.72. The van der Waals surface area contributed by atoms with Gasteiger partial charge in [0.15, 0.2) is 5.17 Å². The third-order valence-corrected chi connectivity index (χ3v) is 5.25. The van der Waals surface area contributed by atoms with Gasteiger partial charge in [-0.05, 0) is 17.4 Å². The van der Waals surface area contributed by atoms with Gasteiger partial charge in [-0.2, -0.15) is 0 Å². The number of carbonyl (C=O) groups excluding carboxylic acids is 1. The summed E-state index contributed by atoms with van der Waals surface area (Å²) in [6.07, 6.45) is 1.88. The molecule has 0 saturated carbocycles. The Morgan fingerprint density at radius 2 is 2.10 bits per heavy atom. The largest absolute Gasteiger partial charge is 0.353 e. The van der Waals surface area contributed by atoms with Crippen molar-refractivity contribution in [3.05, 3.63) is 41.0 Å². The zero-order chi connectivity index (χ0) is 15.0. The first kappa shape index (κ1) is 14.4. The van der Waals surface area contributed by atoms with Gasteiger partial charge in [0, 0.05) is 30.5 Å². The Labute approximate surface area is 130 Å². The summed E-state index contributed by atoms with van der Waals surface area (Å²) < 4.78 is 0. The highest BCUT2D eigenvalue weighted by molar-refractivity contribution is 8.14. The van der Waals surface area contributed by atoms with Crippen LogP contribution in [0.15, 0.2) is 34.8 Å². The molecule has 4 heteroatoms. The van der Waals surface area contributed by atoms with Crippen molar-refractivity contribution < 1.29 is 4.79 Å². The minimum Gasteiger partial charge on any atom is -0.353 e. The summed E-state index contributed by atoms with van der Waals surface area (Å²) in [4.78, 5) is 18.7. The Bertz CT molecular complexity index is 646. The highest BCUT2D eigenvalue weighted by atomic mass is 32.2. The van der Waals surface area contributed by atoms with Gasteiger partial charge in [0.25, 0.3) is 0 Å². The second-order valence-corrected chi connectivity index (χ2v) is 7.32. The monoisotopic (exact) mass is 300 g/mol. The van der Waals surface area contributed by atoms with E-state index >= 15 is 0 Å². The summed E-state index contributed by atoms with van der Waals surface area (Å²) in [5.74, 6) is 1.06. The molecular weight excluding hydrogens is 280 g/mol. The highest BCUT2D eigenvalue weighted by Gasteiger charge is 2.33. The van der Waals surface area contributed by atoms with Crippen molar-refractivity contribution in [2.45, 2.75) is 20.3 Å². The van der Waals surface area contributed by atoms with Crippen LogP contribution in [0.1, 0.15) is 25.0 Å². The smallest absolute Gasteiger partial charge is 0.164 e. The molecule has 0 unspecified atom stereocenters. The maximum absolute atomic E-state index is 11.7. The van der Waals surface area contributed by atoms with E-state index in [1.165, 1.54) is 5.56 Å². The topological polar surface area (TPSA) is 32.7 Å². The molecule has 1 heterocycles. The summed E-state index contributed by atoms with van der Waals surface area (Å²) in [5.41, 5.74) is 3.88. The van der Waals surface area contributed by atoms with E-state index in [0.29, 0.717) is 0 Å². The molecule has 1 aromatic rings. The first-order valence-electron chi connectivity index (χ1n) is 7.24. The molecule has 0 amide bonds. The second-order valence-electron chi connectivity index (χ2n) is 6.26. The van der Waals surface area contributed by atoms with Crippen LogP contribution < -0.4 is 0 Å². The fourth-order valence-corrected chi connectivity index (χ4v) is 3.99. The average Bonchev–Trinajstić information content (AvgIpc) is 2.83. The van der Waals surface area contributed by atoms with E-state index in [2.05, 4.69) is 44.0 Å². The lowest BCUT2D eigenvalue weighted by Crippen LogP contribution is -2.26. The number of aldehydes is 1. The summed E-state index contributed by atoms with van der Waals surface area (Å²) >= 11 is 1.76. The second kappa shape index (κ2) is 5.34. The quantitative estimate of drug-likeness (QED) is 0.786. The van der Waals surface area contributed by atoms with Crippen LogP contribution in [0, 0.1) is 5.41 Å². The fourth-order valence-electron chi connectivity index (χ4n) is 2.97. The number of hydrogen-bond acceptors (Lipinski definition) is 3. The molecule has 0 radical (unpaired) electrons. The number of benzene rings is 1. The van der Waals surface area contributed by atoms with Gasteiger partial charge in [0.1, 0.15) is 6.29 Å². The minimum absolute atomic E-state index is 0.169. The number of rotatable bonds is 2. The van der Waals surface area contributed by atoms with E-state index in [9.17, 15) is 4.79 Å². The predicted molar refractivity (Wildman–Crippen MR) is 89.4 cm³/mol. The van der Waals surface area contributed by atoms with E-state index in [4.69, 9.17) is 4.99 Å². The van der Waals surface area contributed by atoms with Crippen molar-refractivity contribution in [1.29, 1.82) is 0 Å². The van der Waals surface area contributed by atoms with Crippen molar-refractivity contribution in [3.8, 4) is 0 Å². The molecule has 21 heavy (non-hydrogen) atoms. The van der Waals surface area contributed by atoms with Crippen molar-refractivity contribution in [1.82, 2.24) is 4.90 Å². The molecular formula is C17H20N2OS. The maximum atomic E-state index is 11.7. The Hall–Kier alpha value is -1.55. The average molecular weight is 300 g/mol. The van der Waals surface area contributed by atoms with Crippen LogP contribution in [0.4, 0.5) is 0 Å². The first-order valence-corrected chi connectivity index (χ1v) is 8.22.